The molecule has 0 aliphatic rings. The second-order valence-electron chi connectivity index (χ2n) is 4.40. The summed E-state index contributed by atoms with van der Waals surface area (Å²) in [5, 5.41) is 7.67. The van der Waals surface area contributed by atoms with Gasteiger partial charge in [-0.1, -0.05) is 24.3 Å². The molecular formula is C13H14N4O3S. The van der Waals surface area contributed by atoms with Gasteiger partial charge in [0.05, 0.1) is 11.9 Å². The Kier molecular flexibility index (Phi) is 4.61. The molecular weight excluding hydrogens is 292 g/mol. The number of primary sulfonamides is 1. The molecule has 21 heavy (non-hydrogen) atoms. The zero-order chi connectivity index (χ0) is 15.3. The van der Waals surface area contributed by atoms with Crippen LogP contribution in [-0.4, -0.2) is 24.3 Å². The molecule has 0 unspecified atom stereocenters. The molecule has 110 valence electrons. The summed E-state index contributed by atoms with van der Waals surface area (Å²) < 4.78 is 21.9. The van der Waals surface area contributed by atoms with Crippen molar-refractivity contribution in [2.45, 2.75) is 12.3 Å². The van der Waals surface area contributed by atoms with Crippen molar-refractivity contribution >= 4 is 15.9 Å². The summed E-state index contributed by atoms with van der Waals surface area (Å²) in [7, 11) is -3.54. The number of aromatic nitrogens is 2. The molecule has 0 aliphatic carbocycles. The lowest BCUT2D eigenvalue weighted by atomic mass is 10.1. The molecule has 0 radical (unpaired) electrons. The lowest BCUT2D eigenvalue weighted by Gasteiger charge is -2.05. The second kappa shape index (κ2) is 6.42. The molecule has 0 atom stereocenters. The maximum atomic E-state index is 11.8. The fourth-order valence-electron chi connectivity index (χ4n) is 1.67. The number of amides is 1. The SMILES string of the molecule is NS(=O)(=O)Cc1ccc(CNC(=O)c2cnccn2)cc1. The van der Waals surface area contributed by atoms with Crippen molar-refractivity contribution in [3.8, 4) is 0 Å². The van der Waals surface area contributed by atoms with Crippen LogP contribution in [0, 0.1) is 0 Å². The van der Waals surface area contributed by atoms with Crippen molar-refractivity contribution in [1.82, 2.24) is 15.3 Å². The first kappa shape index (κ1) is 15.1. The second-order valence-corrected chi connectivity index (χ2v) is 6.01. The standard InChI is InChI=1S/C13H14N4O3S/c14-21(19,20)9-11-3-1-10(2-4-11)7-17-13(18)12-8-15-5-6-16-12/h1-6,8H,7,9H2,(H,17,18)(H2,14,19,20). The minimum Gasteiger partial charge on any atom is -0.347 e. The van der Waals surface area contributed by atoms with E-state index in [0.717, 1.165) is 5.56 Å². The zero-order valence-corrected chi connectivity index (χ0v) is 11.9. The lowest BCUT2D eigenvalue weighted by molar-refractivity contribution is 0.0945. The monoisotopic (exact) mass is 306 g/mol. The summed E-state index contributed by atoms with van der Waals surface area (Å²) in [6.45, 7) is 0.311. The maximum Gasteiger partial charge on any atom is 0.271 e. The Hall–Kier alpha value is -2.32. The molecule has 0 aliphatic heterocycles. The summed E-state index contributed by atoms with van der Waals surface area (Å²) in [6, 6.07) is 6.79. The Morgan fingerprint density at radius 3 is 2.38 bits per heavy atom. The number of nitrogens with zero attached hydrogens (tertiary/aromatic N) is 2. The van der Waals surface area contributed by atoms with Crippen LogP contribution in [0.4, 0.5) is 0 Å². The Morgan fingerprint density at radius 1 is 1.14 bits per heavy atom. The van der Waals surface area contributed by atoms with Crippen molar-refractivity contribution < 1.29 is 13.2 Å². The van der Waals surface area contributed by atoms with Crippen LogP contribution in [0.15, 0.2) is 42.9 Å². The van der Waals surface area contributed by atoms with Crippen LogP contribution in [0.2, 0.25) is 0 Å². The smallest absolute Gasteiger partial charge is 0.271 e. The van der Waals surface area contributed by atoms with E-state index in [1.807, 2.05) is 0 Å². The molecule has 7 nitrogen and oxygen atoms in total. The van der Waals surface area contributed by atoms with E-state index in [-0.39, 0.29) is 17.4 Å². The Labute approximate surface area is 122 Å². The van der Waals surface area contributed by atoms with E-state index in [4.69, 9.17) is 5.14 Å². The number of sulfonamides is 1. The van der Waals surface area contributed by atoms with E-state index < -0.39 is 10.0 Å². The van der Waals surface area contributed by atoms with Gasteiger partial charge in [0, 0.05) is 18.9 Å². The number of carbonyl (C=O) groups is 1. The number of carbonyl (C=O) groups excluding carboxylic acids is 1. The molecule has 0 saturated heterocycles. The van der Waals surface area contributed by atoms with E-state index in [1.165, 1.54) is 18.6 Å². The number of rotatable bonds is 5. The minimum absolute atomic E-state index is 0.209. The van der Waals surface area contributed by atoms with E-state index in [1.54, 1.807) is 24.3 Å². The molecule has 1 aromatic heterocycles. The molecule has 0 spiro atoms. The highest BCUT2D eigenvalue weighted by atomic mass is 32.2. The van der Waals surface area contributed by atoms with Gasteiger partial charge in [-0.2, -0.15) is 0 Å². The zero-order valence-electron chi connectivity index (χ0n) is 11.1. The van der Waals surface area contributed by atoms with E-state index in [0.29, 0.717) is 12.1 Å². The largest absolute Gasteiger partial charge is 0.347 e. The Balaban J connectivity index is 1.94. The van der Waals surface area contributed by atoms with Gasteiger partial charge in [0.15, 0.2) is 0 Å². The van der Waals surface area contributed by atoms with Gasteiger partial charge >= 0.3 is 0 Å². The third-order valence-electron chi connectivity index (χ3n) is 2.64. The first-order chi connectivity index (χ1) is 9.94. The van der Waals surface area contributed by atoms with Crippen molar-refractivity contribution in [3.05, 3.63) is 59.7 Å². The van der Waals surface area contributed by atoms with Crippen LogP contribution in [0.3, 0.4) is 0 Å². The van der Waals surface area contributed by atoms with Gasteiger partial charge in [-0.3, -0.25) is 9.78 Å². The average Bonchev–Trinajstić information content (AvgIpc) is 2.45. The molecule has 3 N–H and O–H groups in total. The van der Waals surface area contributed by atoms with Gasteiger partial charge in [-0.15, -0.1) is 0 Å². The molecule has 1 aromatic carbocycles. The molecule has 2 aromatic rings. The predicted octanol–water partition coefficient (Wildman–Crippen LogP) is 0.195. The van der Waals surface area contributed by atoms with Gasteiger partial charge in [0.1, 0.15) is 5.69 Å². The molecule has 1 heterocycles. The molecule has 0 saturated carbocycles. The van der Waals surface area contributed by atoms with Crippen LogP contribution in [0.25, 0.3) is 0 Å². The maximum absolute atomic E-state index is 11.8. The topological polar surface area (TPSA) is 115 Å². The number of hydrogen-bond acceptors (Lipinski definition) is 5. The van der Waals surface area contributed by atoms with E-state index >= 15 is 0 Å². The van der Waals surface area contributed by atoms with E-state index in [2.05, 4.69) is 15.3 Å². The number of nitrogens with one attached hydrogen (secondary N) is 1. The molecule has 0 fully saturated rings. The highest BCUT2D eigenvalue weighted by Crippen LogP contribution is 2.07. The van der Waals surface area contributed by atoms with Crippen LogP contribution in [-0.2, 0) is 22.3 Å². The number of nitrogens with two attached hydrogens (primary N) is 1. The first-order valence-corrected chi connectivity index (χ1v) is 7.78. The van der Waals surface area contributed by atoms with E-state index in [9.17, 15) is 13.2 Å². The fourth-order valence-corrected chi connectivity index (χ4v) is 2.33. The van der Waals surface area contributed by atoms with Gasteiger partial charge in [-0.05, 0) is 11.1 Å². The summed E-state index contributed by atoms with van der Waals surface area (Å²) in [6.07, 6.45) is 4.31. The highest BCUT2D eigenvalue weighted by molar-refractivity contribution is 7.88. The first-order valence-electron chi connectivity index (χ1n) is 6.06. The van der Waals surface area contributed by atoms with Crippen molar-refractivity contribution in [3.63, 3.8) is 0 Å². The van der Waals surface area contributed by atoms with Gasteiger partial charge < -0.3 is 5.32 Å². The quantitative estimate of drug-likeness (QED) is 0.818. The van der Waals surface area contributed by atoms with Crippen molar-refractivity contribution in [2.24, 2.45) is 5.14 Å². The summed E-state index contributed by atoms with van der Waals surface area (Å²) in [5.74, 6) is -0.532. The summed E-state index contributed by atoms with van der Waals surface area (Å²) in [5.41, 5.74) is 1.68. The normalized spacial score (nSPS) is 11.1. The lowest BCUT2D eigenvalue weighted by Crippen LogP contribution is -2.23. The molecule has 0 bridgehead atoms. The van der Waals surface area contributed by atoms with Crippen LogP contribution < -0.4 is 10.5 Å². The van der Waals surface area contributed by atoms with Gasteiger partial charge in [0.25, 0.3) is 5.91 Å². The molecule has 1 amide bonds. The average molecular weight is 306 g/mol. The van der Waals surface area contributed by atoms with Crippen LogP contribution in [0.5, 0.6) is 0 Å². The molecule has 8 heteroatoms. The number of hydrogen-bond donors (Lipinski definition) is 2. The Bertz CT molecular complexity index is 715. The van der Waals surface area contributed by atoms with Gasteiger partial charge in [-0.25, -0.2) is 18.5 Å². The van der Waals surface area contributed by atoms with Crippen molar-refractivity contribution in [2.75, 3.05) is 0 Å². The summed E-state index contributed by atoms with van der Waals surface area (Å²) >= 11 is 0. The third-order valence-corrected chi connectivity index (χ3v) is 3.38. The molecule has 2 rings (SSSR count). The fraction of sp³-hybridized carbons (Fsp3) is 0.154. The predicted molar refractivity (Wildman–Crippen MR) is 76.5 cm³/mol. The third kappa shape index (κ3) is 4.93. The Morgan fingerprint density at radius 2 is 1.81 bits per heavy atom. The highest BCUT2D eigenvalue weighted by Gasteiger charge is 2.07. The van der Waals surface area contributed by atoms with Crippen LogP contribution in [0.1, 0.15) is 21.6 Å². The summed E-state index contributed by atoms with van der Waals surface area (Å²) in [4.78, 5) is 19.5. The van der Waals surface area contributed by atoms with Gasteiger partial charge in [0.2, 0.25) is 10.0 Å². The number of benzene rings is 1. The van der Waals surface area contributed by atoms with Crippen LogP contribution >= 0.6 is 0 Å². The minimum atomic E-state index is -3.54. The van der Waals surface area contributed by atoms with Crippen molar-refractivity contribution in [1.29, 1.82) is 0 Å².